The molecule has 0 aliphatic carbocycles. The summed E-state index contributed by atoms with van der Waals surface area (Å²) < 4.78 is 5.36. The Bertz CT molecular complexity index is 306. The first-order valence-electron chi connectivity index (χ1n) is 5.88. The van der Waals surface area contributed by atoms with Crippen molar-refractivity contribution in [3.63, 3.8) is 0 Å². The average Bonchev–Trinajstić information content (AvgIpc) is 2.38. The van der Waals surface area contributed by atoms with Gasteiger partial charge in [0.2, 0.25) is 0 Å². The van der Waals surface area contributed by atoms with Gasteiger partial charge in [-0.2, -0.15) is 0 Å². The summed E-state index contributed by atoms with van der Waals surface area (Å²) in [7, 11) is 0. The van der Waals surface area contributed by atoms with Crippen molar-refractivity contribution in [2.24, 2.45) is 11.7 Å². The maximum absolute atomic E-state index is 5.57. The molecule has 0 atom stereocenters. The Morgan fingerprint density at radius 2 is 1.88 bits per heavy atom. The number of nitrogens with two attached hydrogens (primary N) is 1. The van der Waals surface area contributed by atoms with Crippen LogP contribution in [0.4, 0.5) is 0 Å². The Morgan fingerprint density at radius 1 is 1.19 bits per heavy atom. The lowest BCUT2D eigenvalue weighted by Crippen LogP contribution is -2.17. The van der Waals surface area contributed by atoms with Crippen LogP contribution in [-0.2, 0) is 11.3 Å². The highest BCUT2D eigenvalue weighted by Gasteiger charge is 2.13. The van der Waals surface area contributed by atoms with Crippen LogP contribution >= 0.6 is 11.8 Å². The van der Waals surface area contributed by atoms with Crippen LogP contribution in [0.1, 0.15) is 18.4 Å². The lowest BCUT2D eigenvalue weighted by Gasteiger charge is -2.21. The van der Waals surface area contributed by atoms with Crippen LogP contribution in [0.2, 0.25) is 0 Å². The molecule has 1 aromatic rings. The number of rotatable bonds is 4. The van der Waals surface area contributed by atoms with Crippen LogP contribution in [0.5, 0.6) is 0 Å². The molecule has 0 spiro atoms. The molecule has 0 radical (unpaired) electrons. The molecule has 3 heteroatoms. The molecule has 1 fully saturated rings. The zero-order valence-electron chi connectivity index (χ0n) is 9.52. The van der Waals surface area contributed by atoms with Gasteiger partial charge < -0.3 is 10.5 Å². The van der Waals surface area contributed by atoms with E-state index in [9.17, 15) is 0 Å². The highest BCUT2D eigenvalue weighted by molar-refractivity contribution is 7.99. The fourth-order valence-corrected chi connectivity index (χ4v) is 2.94. The molecule has 1 aliphatic heterocycles. The summed E-state index contributed by atoms with van der Waals surface area (Å²) in [6.45, 7) is 2.51. The summed E-state index contributed by atoms with van der Waals surface area (Å²) in [6, 6.07) is 8.58. The van der Waals surface area contributed by atoms with Crippen molar-refractivity contribution < 1.29 is 4.74 Å². The van der Waals surface area contributed by atoms with Crippen molar-refractivity contribution in [3.8, 4) is 0 Å². The summed E-state index contributed by atoms with van der Waals surface area (Å²) >= 11 is 1.95. The van der Waals surface area contributed by atoms with Gasteiger partial charge in [0.25, 0.3) is 0 Å². The fraction of sp³-hybridized carbons (Fsp3) is 0.538. The number of ether oxygens (including phenoxy) is 1. The van der Waals surface area contributed by atoms with Crippen molar-refractivity contribution in [3.05, 3.63) is 29.8 Å². The first kappa shape index (κ1) is 12.0. The van der Waals surface area contributed by atoms with Crippen LogP contribution in [0, 0.1) is 5.92 Å². The van der Waals surface area contributed by atoms with Gasteiger partial charge in [0, 0.05) is 30.4 Å². The predicted octanol–water partition coefficient (Wildman–Crippen LogP) is 2.66. The Kier molecular flexibility index (Phi) is 4.69. The van der Waals surface area contributed by atoms with Gasteiger partial charge in [-0.3, -0.25) is 0 Å². The topological polar surface area (TPSA) is 35.2 Å². The Morgan fingerprint density at radius 3 is 2.50 bits per heavy atom. The quantitative estimate of drug-likeness (QED) is 0.818. The van der Waals surface area contributed by atoms with E-state index < -0.39 is 0 Å². The third-order valence-corrected chi connectivity index (χ3v) is 4.23. The van der Waals surface area contributed by atoms with Crippen LogP contribution in [0.25, 0.3) is 0 Å². The molecule has 0 unspecified atom stereocenters. The maximum atomic E-state index is 5.57. The monoisotopic (exact) mass is 237 g/mol. The van der Waals surface area contributed by atoms with E-state index >= 15 is 0 Å². The van der Waals surface area contributed by atoms with Crippen LogP contribution in [0.3, 0.4) is 0 Å². The average molecular weight is 237 g/mol. The molecule has 1 heterocycles. The van der Waals surface area contributed by atoms with Crippen molar-refractivity contribution in [2.75, 3.05) is 19.0 Å². The van der Waals surface area contributed by atoms with Crippen LogP contribution in [0.15, 0.2) is 29.2 Å². The van der Waals surface area contributed by atoms with Crippen LogP contribution in [-0.4, -0.2) is 19.0 Å². The SMILES string of the molecule is NCc1ccc(SCC2CCOCC2)cc1. The van der Waals surface area contributed by atoms with E-state index in [0.29, 0.717) is 6.54 Å². The number of thioether (sulfide) groups is 1. The van der Waals surface area contributed by atoms with Gasteiger partial charge in [-0.15, -0.1) is 11.8 Å². The predicted molar refractivity (Wildman–Crippen MR) is 68.6 cm³/mol. The van der Waals surface area contributed by atoms with Gasteiger partial charge in [-0.25, -0.2) is 0 Å². The largest absolute Gasteiger partial charge is 0.381 e. The number of hydrogen-bond donors (Lipinski definition) is 1. The van der Waals surface area contributed by atoms with Gasteiger partial charge in [0.1, 0.15) is 0 Å². The molecule has 88 valence electrons. The lowest BCUT2D eigenvalue weighted by molar-refractivity contribution is 0.0728. The molecule has 1 saturated heterocycles. The Balaban J connectivity index is 1.79. The van der Waals surface area contributed by atoms with Crippen molar-refractivity contribution in [1.82, 2.24) is 0 Å². The fourth-order valence-electron chi connectivity index (χ4n) is 1.85. The molecule has 0 bridgehead atoms. The minimum atomic E-state index is 0.630. The standard InChI is InChI=1S/C13H19NOS/c14-9-11-1-3-13(4-2-11)16-10-12-5-7-15-8-6-12/h1-4,12H,5-10,14H2. The smallest absolute Gasteiger partial charge is 0.0468 e. The normalized spacial score (nSPS) is 17.6. The highest BCUT2D eigenvalue weighted by Crippen LogP contribution is 2.25. The van der Waals surface area contributed by atoms with Crippen LogP contribution < -0.4 is 5.73 Å². The first-order valence-corrected chi connectivity index (χ1v) is 6.86. The zero-order chi connectivity index (χ0) is 11.2. The van der Waals surface area contributed by atoms with E-state index in [-0.39, 0.29) is 0 Å². The van der Waals surface area contributed by atoms with E-state index in [4.69, 9.17) is 10.5 Å². The number of benzene rings is 1. The molecule has 1 aromatic carbocycles. The molecule has 2 rings (SSSR count). The second kappa shape index (κ2) is 6.28. The summed E-state index contributed by atoms with van der Waals surface area (Å²) in [4.78, 5) is 1.35. The minimum absolute atomic E-state index is 0.630. The zero-order valence-corrected chi connectivity index (χ0v) is 10.3. The van der Waals surface area contributed by atoms with Crippen molar-refractivity contribution >= 4 is 11.8 Å². The van der Waals surface area contributed by atoms with Gasteiger partial charge >= 0.3 is 0 Å². The van der Waals surface area contributed by atoms with Gasteiger partial charge in [0.15, 0.2) is 0 Å². The third kappa shape index (κ3) is 3.51. The second-order valence-electron chi connectivity index (χ2n) is 4.21. The van der Waals surface area contributed by atoms with E-state index in [1.807, 2.05) is 11.8 Å². The minimum Gasteiger partial charge on any atom is -0.381 e. The van der Waals surface area contributed by atoms with Gasteiger partial charge in [0.05, 0.1) is 0 Å². The van der Waals surface area contributed by atoms with E-state index in [1.54, 1.807) is 0 Å². The molecule has 2 nitrogen and oxygen atoms in total. The Hall–Kier alpha value is -0.510. The molecule has 0 aromatic heterocycles. The van der Waals surface area contributed by atoms with E-state index in [0.717, 1.165) is 19.1 Å². The molecule has 16 heavy (non-hydrogen) atoms. The van der Waals surface area contributed by atoms with Crippen molar-refractivity contribution in [2.45, 2.75) is 24.3 Å². The summed E-state index contributed by atoms with van der Waals surface area (Å²) in [5.74, 6) is 2.04. The lowest BCUT2D eigenvalue weighted by atomic mass is 10.0. The van der Waals surface area contributed by atoms with E-state index in [1.165, 1.54) is 29.1 Å². The van der Waals surface area contributed by atoms with E-state index in [2.05, 4.69) is 24.3 Å². The summed E-state index contributed by atoms with van der Waals surface area (Å²) in [5, 5.41) is 0. The molecular formula is C13H19NOS. The summed E-state index contributed by atoms with van der Waals surface area (Å²) in [6.07, 6.45) is 2.43. The molecule has 0 amide bonds. The van der Waals surface area contributed by atoms with Gasteiger partial charge in [-0.05, 0) is 36.5 Å². The molecular weight excluding hydrogens is 218 g/mol. The highest BCUT2D eigenvalue weighted by atomic mass is 32.2. The maximum Gasteiger partial charge on any atom is 0.0468 e. The summed E-state index contributed by atoms with van der Waals surface area (Å²) in [5.41, 5.74) is 6.77. The molecule has 0 saturated carbocycles. The second-order valence-corrected chi connectivity index (χ2v) is 5.31. The molecule has 2 N–H and O–H groups in total. The molecule has 1 aliphatic rings. The third-order valence-electron chi connectivity index (χ3n) is 2.99. The first-order chi connectivity index (χ1) is 7.88. The van der Waals surface area contributed by atoms with Gasteiger partial charge in [-0.1, -0.05) is 12.1 Å². The van der Waals surface area contributed by atoms with Crippen molar-refractivity contribution in [1.29, 1.82) is 0 Å². The Labute approximate surface area is 102 Å². The number of hydrogen-bond acceptors (Lipinski definition) is 3.